The van der Waals surface area contributed by atoms with Crippen LogP contribution in [0.3, 0.4) is 0 Å². The number of carbonyl (C=O) groups excluding carboxylic acids is 2. The normalized spacial score (nSPS) is 19.4. The Balaban J connectivity index is 1.31. The first-order chi connectivity index (χ1) is 16.3. The molecule has 1 N–H and O–H groups in total. The van der Waals surface area contributed by atoms with E-state index in [1.165, 1.54) is 19.2 Å². The van der Waals surface area contributed by atoms with Gasteiger partial charge in [0.25, 0.3) is 0 Å². The lowest BCUT2D eigenvalue weighted by Crippen LogP contribution is -2.48. The van der Waals surface area contributed by atoms with Crippen LogP contribution in [0.4, 0.5) is 5.69 Å². The molecule has 0 aliphatic carbocycles. The molecule has 2 aromatic carbocycles. The summed E-state index contributed by atoms with van der Waals surface area (Å²) in [6.07, 6.45) is 1.21. The van der Waals surface area contributed by atoms with Gasteiger partial charge in [-0.1, -0.05) is 0 Å². The van der Waals surface area contributed by atoms with E-state index in [-0.39, 0.29) is 29.2 Å². The fourth-order valence-corrected chi connectivity index (χ4v) is 5.71. The number of sulfonamides is 1. The summed E-state index contributed by atoms with van der Waals surface area (Å²) in [6, 6.07) is 13.2. The third-order valence-corrected chi connectivity index (χ3v) is 7.89. The maximum absolute atomic E-state index is 13.1. The Morgan fingerprint density at radius 1 is 0.941 bits per heavy atom. The van der Waals surface area contributed by atoms with Gasteiger partial charge in [0.05, 0.1) is 25.0 Å². The average molecular weight is 488 g/mol. The van der Waals surface area contributed by atoms with Crippen LogP contribution in [-0.2, 0) is 19.6 Å². The number of rotatable bonds is 7. The Hall–Kier alpha value is -3.11. The number of nitrogens with zero attached hydrogens (tertiary/aromatic N) is 2. The van der Waals surface area contributed by atoms with Crippen LogP contribution in [0.1, 0.15) is 19.3 Å². The maximum atomic E-state index is 13.1. The summed E-state index contributed by atoms with van der Waals surface area (Å²) < 4.78 is 38.4. The van der Waals surface area contributed by atoms with E-state index in [1.54, 1.807) is 41.2 Å². The van der Waals surface area contributed by atoms with Crippen molar-refractivity contribution in [2.75, 3.05) is 38.8 Å². The molecule has 2 fully saturated rings. The summed E-state index contributed by atoms with van der Waals surface area (Å²) in [7, 11) is -0.554. The third-order valence-electron chi connectivity index (χ3n) is 6.36. The zero-order valence-corrected chi connectivity index (χ0v) is 20.1. The number of anilines is 1. The molecule has 4 rings (SSSR count). The second-order valence-corrected chi connectivity index (χ2v) is 10.2. The predicted octanol–water partition coefficient (Wildman–Crippen LogP) is 2.03. The largest absolute Gasteiger partial charge is 0.497 e. The van der Waals surface area contributed by atoms with Crippen LogP contribution in [0.25, 0.3) is 0 Å². The molecule has 34 heavy (non-hydrogen) atoms. The highest BCUT2D eigenvalue weighted by molar-refractivity contribution is 7.89. The van der Waals surface area contributed by atoms with Crippen LogP contribution >= 0.6 is 0 Å². The van der Waals surface area contributed by atoms with Gasteiger partial charge < -0.3 is 19.3 Å². The van der Waals surface area contributed by atoms with Crippen LogP contribution < -0.4 is 19.1 Å². The van der Waals surface area contributed by atoms with Crippen molar-refractivity contribution in [1.29, 1.82) is 0 Å². The lowest BCUT2D eigenvalue weighted by atomic mass is 10.0. The van der Waals surface area contributed by atoms with E-state index < -0.39 is 15.9 Å². The van der Waals surface area contributed by atoms with Crippen molar-refractivity contribution in [3.05, 3.63) is 48.5 Å². The Bertz CT molecular complexity index is 1130. The van der Waals surface area contributed by atoms with Crippen LogP contribution in [0.15, 0.2) is 53.4 Å². The van der Waals surface area contributed by atoms with Crippen molar-refractivity contribution in [2.24, 2.45) is 5.92 Å². The molecular formula is C24H29N3O6S. The molecule has 0 saturated carbocycles. The first-order valence-electron chi connectivity index (χ1n) is 11.2. The van der Waals surface area contributed by atoms with Crippen molar-refractivity contribution in [2.45, 2.75) is 30.2 Å². The van der Waals surface area contributed by atoms with Gasteiger partial charge in [-0.05, 0) is 61.4 Å². The van der Waals surface area contributed by atoms with Crippen molar-refractivity contribution in [3.63, 3.8) is 0 Å². The average Bonchev–Trinajstić information content (AvgIpc) is 3.25. The van der Waals surface area contributed by atoms with E-state index in [4.69, 9.17) is 9.47 Å². The minimum Gasteiger partial charge on any atom is -0.497 e. The highest BCUT2D eigenvalue weighted by atomic mass is 32.2. The molecule has 2 amide bonds. The number of ether oxygens (including phenoxy) is 2. The minimum absolute atomic E-state index is 0.0548. The maximum Gasteiger partial charge on any atom is 0.240 e. The molecule has 0 bridgehead atoms. The van der Waals surface area contributed by atoms with Crippen molar-refractivity contribution in [3.8, 4) is 11.5 Å². The summed E-state index contributed by atoms with van der Waals surface area (Å²) in [6.45, 7) is 1.23. The second kappa shape index (κ2) is 10.0. The van der Waals surface area contributed by atoms with E-state index in [0.717, 1.165) is 5.69 Å². The predicted molar refractivity (Wildman–Crippen MR) is 126 cm³/mol. The Morgan fingerprint density at radius 2 is 1.50 bits per heavy atom. The van der Waals surface area contributed by atoms with E-state index >= 15 is 0 Å². The lowest BCUT2D eigenvalue weighted by molar-refractivity contribution is -0.136. The molecule has 0 aromatic heterocycles. The number of hydrogen-bond acceptors (Lipinski definition) is 6. The molecule has 182 valence electrons. The molecular weight excluding hydrogens is 458 g/mol. The van der Waals surface area contributed by atoms with Crippen molar-refractivity contribution in [1.82, 2.24) is 9.62 Å². The van der Waals surface area contributed by atoms with Crippen molar-refractivity contribution >= 4 is 27.5 Å². The number of carbonyl (C=O) groups is 2. The van der Waals surface area contributed by atoms with Gasteiger partial charge in [0, 0.05) is 37.8 Å². The van der Waals surface area contributed by atoms with Gasteiger partial charge >= 0.3 is 0 Å². The smallest absolute Gasteiger partial charge is 0.240 e. The zero-order valence-electron chi connectivity index (χ0n) is 19.3. The van der Waals surface area contributed by atoms with Gasteiger partial charge in [0.2, 0.25) is 21.8 Å². The molecule has 10 heteroatoms. The number of amides is 2. The van der Waals surface area contributed by atoms with Gasteiger partial charge in [-0.3, -0.25) is 9.59 Å². The van der Waals surface area contributed by atoms with Gasteiger partial charge in [-0.15, -0.1) is 0 Å². The second-order valence-electron chi connectivity index (χ2n) is 8.50. The van der Waals surface area contributed by atoms with E-state index in [0.29, 0.717) is 44.0 Å². The number of piperidine rings is 1. The highest BCUT2D eigenvalue weighted by Gasteiger charge is 2.38. The minimum atomic E-state index is -3.66. The molecule has 2 aliphatic rings. The number of nitrogens with one attached hydrogen (secondary N) is 1. The first kappa shape index (κ1) is 24.0. The standard InChI is InChI=1S/C24H29N3O6S/c1-32-20-5-3-19(4-6-20)27-16-17(15-23(27)28)24(29)26-13-11-18(12-14-26)25-34(30,31)22-9-7-21(33-2)8-10-22/h3-10,17-18,25H,11-16H2,1-2H3/t17-/m1/s1. The summed E-state index contributed by atoms with van der Waals surface area (Å²) in [4.78, 5) is 29.2. The number of likely N-dealkylation sites (tertiary alicyclic amines) is 1. The first-order valence-corrected chi connectivity index (χ1v) is 12.7. The summed E-state index contributed by atoms with van der Waals surface area (Å²) in [5, 5.41) is 0. The monoisotopic (exact) mass is 487 g/mol. The summed E-state index contributed by atoms with van der Waals surface area (Å²) >= 11 is 0. The number of methoxy groups -OCH3 is 2. The Morgan fingerprint density at radius 3 is 2.06 bits per heavy atom. The molecule has 2 aromatic rings. The topological polar surface area (TPSA) is 105 Å². The molecule has 2 heterocycles. The number of hydrogen-bond donors (Lipinski definition) is 1. The summed E-state index contributed by atoms with van der Waals surface area (Å²) in [5.74, 6) is 0.754. The molecule has 2 saturated heterocycles. The third kappa shape index (κ3) is 5.18. The highest BCUT2D eigenvalue weighted by Crippen LogP contribution is 2.29. The van der Waals surface area contributed by atoms with E-state index in [1.807, 2.05) is 12.1 Å². The van der Waals surface area contributed by atoms with E-state index in [9.17, 15) is 18.0 Å². The zero-order chi connectivity index (χ0) is 24.3. The number of benzene rings is 2. The van der Waals surface area contributed by atoms with Crippen LogP contribution in [0.2, 0.25) is 0 Å². The lowest BCUT2D eigenvalue weighted by Gasteiger charge is -2.33. The molecule has 0 radical (unpaired) electrons. The molecule has 0 spiro atoms. The van der Waals surface area contributed by atoms with Gasteiger partial charge in [-0.2, -0.15) is 0 Å². The molecule has 2 aliphatic heterocycles. The Kier molecular flexibility index (Phi) is 7.08. The van der Waals surface area contributed by atoms with Crippen LogP contribution in [0.5, 0.6) is 11.5 Å². The van der Waals surface area contributed by atoms with Crippen LogP contribution in [-0.4, -0.2) is 65.0 Å². The van der Waals surface area contributed by atoms with Crippen molar-refractivity contribution < 1.29 is 27.5 Å². The molecule has 0 unspecified atom stereocenters. The molecule has 9 nitrogen and oxygen atoms in total. The van der Waals surface area contributed by atoms with Gasteiger partial charge in [-0.25, -0.2) is 13.1 Å². The quantitative estimate of drug-likeness (QED) is 0.641. The van der Waals surface area contributed by atoms with Gasteiger partial charge in [0.1, 0.15) is 11.5 Å². The van der Waals surface area contributed by atoms with Crippen LogP contribution in [0, 0.1) is 5.92 Å². The SMILES string of the molecule is COc1ccc(N2C[C@H](C(=O)N3CCC(NS(=O)(=O)c4ccc(OC)cc4)CC3)CC2=O)cc1. The Labute approximate surface area is 199 Å². The fourth-order valence-electron chi connectivity index (χ4n) is 4.40. The fraction of sp³-hybridized carbons (Fsp3) is 0.417. The summed E-state index contributed by atoms with van der Waals surface area (Å²) in [5.41, 5.74) is 0.743. The van der Waals surface area contributed by atoms with Gasteiger partial charge in [0.15, 0.2) is 0 Å². The molecule has 1 atom stereocenters. The van der Waals surface area contributed by atoms with E-state index in [2.05, 4.69) is 4.72 Å².